The fourth-order valence-corrected chi connectivity index (χ4v) is 5.10. The zero-order valence-electron chi connectivity index (χ0n) is 22.4. The maximum atomic E-state index is 4.69. The minimum atomic E-state index is 0.739. The number of nitrogens with zero attached hydrogens (tertiary/aromatic N) is 3. The fraction of sp³-hybridized carbons (Fsp3) is 0.0882. The van der Waals surface area contributed by atoms with E-state index in [4.69, 9.17) is 4.98 Å². The van der Waals surface area contributed by atoms with Crippen molar-refractivity contribution in [2.45, 2.75) is 19.8 Å². The van der Waals surface area contributed by atoms with E-state index in [2.05, 4.69) is 94.1 Å². The third kappa shape index (κ3) is 5.07. The van der Waals surface area contributed by atoms with Crippen LogP contribution in [-0.2, 0) is 6.42 Å². The van der Waals surface area contributed by atoms with Crippen LogP contribution >= 0.6 is 0 Å². The van der Waals surface area contributed by atoms with Gasteiger partial charge in [0.25, 0.3) is 0 Å². The highest BCUT2D eigenvalue weighted by atomic mass is 15.1. The van der Waals surface area contributed by atoms with E-state index >= 15 is 0 Å². The third-order valence-electron chi connectivity index (χ3n) is 6.99. The second-order valence-electron chi connectivity index (χ2n) is 9.88. The van der Waals surface area contributed by atoms with Gasteiger partial charge in [-0.05, 0) is 48.3 Å². The number of H-pyrrole nitrogens is 2. The maximum Gasteiger partial charge on any atom is 0.116 e. The molecule has 196 valence electrons. The molecule has 0 spiro atoms. The minimum Gasteiger partial charge on any atom is -0.358 e. The highest BCUT2D eigenvalue weighted by Gasteiger charge is 2.18. The Balaban J connectivity index is 1.30. The number of nitrogens with one attached hydrogen (secondary N) is 3. The van der Waals surface area contributed by atoms with Gasteiger partial charge in [-0.15, -0.1) is 0 Å². The Bertz CT molecular complexity index is 1810. The molecule has 1 aromatic carbocycles. The quantitative estimate of drug-likeness (QED) is 0.172. The van der Waals surface area contributed by atoms with Crippen molar-refractivity contribution in [3.63, 3.8) is 0 Å². The zero-order valence-corrected chi connectivity index (χ0v) is 22.4. The molecule has 0 saturated carbocycles. The number of fused-ring (bicyclic) bond motifs is 1. The van der Waals surface area contributed by atoms with E-state index < -0.39 is 0 Å². The normalized spacial score (nSPS) is 13.0. The lowest BCUT2D eigenvalue weighted by Crippen LogP contribution is -2.02. The fourth-order valence-electron chi connectivity index (χ4n) is 5.10. The smallest absolute Gasteiger partial charge is 0.116 e. The molecule has 1 aliphatic carbocycles. The van der Waals surface area contributed by atoms with Crippen LogP contribution in [0, 0.1) is 6.92 Å². The highest BCUT2D eigenvalue weighted by Crippen LogP contribution is 2.35. The van der Waals surface area contributed by atoms with Crippen molar-refractivity contribution in [2.75, 3.05) is 5.32 Å². The number of pyridine rings is 2. The van der Waals surface area contributed by atoms with Crippen LogP contribution in [0.5, 0.6) is 0 Å². The Morgan fingerprint density at radius 2 is 1.98 bits per heavy atom. The summed E-state index contributed by atoms with van der Waals surface area (Å²) in [7, 11) is 0. The van der Waals surface area contributed by atoms with E-state index in [0.29, 0.717) is 0 Å². The summed E-state index contributed by atoms with van der Waals surface area (Å²) in [5.74, 6) is 0. The van der Waals surface area contributed by atoms with Crippen LogP contribution in [0.15, 0.2) is 122 Å². The van der Waals surface area contributed by atoms with E-state index in [1.807, 2.05) is 42.7 Å². The molecule has 0 bridgehead atoms. The number of aromatic nitrogens is 5. The molecular formula is C34H30N6. The van der Waals surface area contributed by atoms with Gasteiger partial charge in [0, 0.05) is 40.5 Å². The van der Waals surface area contributed by atoms with E-state index in [9.17, 15) is 0 Å². The average molecular weight is 523 g/mol. The molecule has 1 aliphatic rings. The Morgan fingerprint density at radius 1 is 1.10 bits per heavy atom. The van der Waals surface area contributed by atoms with Gasteiger partial charge in [0.15, 0.2) is 0 Å². The van der Waals surface area contributed by atoms with Crippen LogP contribution in [0.1, 0.15) is 23.2 Å². The third-order valence-corrected chi connectivity index (χ3v) is 6.99. The summed E-state index contributed by atoms with van der Waals surface area (Å²) < 4.78 is 0. The Morgan fingerprint density at radius 3 is 2.77 bits per heavy atom. The molecule has 4 heterocycles. The first-order valence-corrected chi connectivity index (χ1v) is 13.3. The molecule has 6 rings (SSSR count). The van der Waals surface area contributed by atoms with Crippen LogP contribution in [0.2, 0.25) is 0 Å². The number of aryl methyl sites for hydroxylation is 1. The summed E-state index contributed by atoms with van der Waals surface area (Å²) in [5, 5.41) is 12.2. The largest absolute Gasteiger partial charge is 0.358 e. The molecule has 40 heavy (non-hydrogen) atoms. The van der Waals surface area contributed by atoms with Crippen LogP contribution in [0.3, 0.4) is 0 Å². The van der Waals surface area contributed by atoms with Crippen molar-refractivity contribution in [1.82, 2.24) is 25.1 Å². The van der Waals surface area contributed by atoms with Gasteiger partial charge in [0.1, 0.15) is 5.69 Å². The molecular weight excluding hydrogens is 492 g/mol. The molecule has 0 amide bonds. The molecule has 3 N–H and O–H groups in total. The topological polar surface area (TPSA) is 82.3 Å². The number of rotatable bonds is 9. The Hall–Kier alpha value is -5.23. The molecule has 5 aromatic rings. The van der Waals surface area contributed by atoms with Gasteiger partial charge in [-0.25, -0.2) is 0 Å². The number of benzene rings is 1. The summed E-state index contributed by atoms with van der Waals surface area (Å²) in [4.78, 5) is 12.7. The van der Waals surface area contributed by atoms with E-state index in [1.54, 1.807) is 6.20 Å². The van der Waals surface area contributed by atoms with Gasteiger partial charge in [-0.2, -0.15) is 5.10 Å². The Labute approximate surface area is 233 Å². The van der Waals surface area contributed by atoms with Crippen molar-refractivity contribution in [3.8, 4) is 22.6 Å². The van der Waals surface area contributed by atoms with Crippen LogP contribution in [0.25, 0.3) is 39.1 Å². The standard InChI is InChI=1S/C34H30N6/c1-4-10-28(25-13-8-9-14-25)29-17-32(38-23(29)3)34-30-18-31(36-21-33(30)39-40-34)26-16-27(20-35-19-26)37-22(2)15-24-11-6-5-7-12-24/h4-8,10-14,16-21,37-38H,1-2,9,15H2,3H3,(H,39,40)/b28-10-. The first-order valence-electron chi connectivity index (χ1n) is 13.3. The van der Waals surface area contributed by atoms with Gasteiger partial charge >= 0.3 is 0 Å². The van der Waals surface area contributed by atoms with Crippen molar-refractivity contribution >= 4 is 22.2 Å². The summed E-state index contributed by atoms with van der Waals surface area (Å²) in [5.41, 5.74) is 11.9. The van der Waals surface area contributed by atoms with Gasteiger partial charge < -0.3 is 10.3 Å². The van der Waals surface area contributed by atoms with Gasteiger partial charge in [0.05, 0.1) is 35.0 Å². The van der Waals surface area contributed by atoms with Gasteiger partial charge in [-0.1, -0.05) is 73.9 Å². The molecule has 0 saturated heterocycles. The predicted molar refractivity (Wildman–Crippen MR) is 165 cm³/mol. The molecule has 4 aromatic heterocycles. The second-order valence-corrected chi connectivity index (χ2v) is 9.88. The molecule has 0 fully saturated rings. The van der Waals surface area contributed by atoms with E-state index in [0.717, 1.165) is 74.6 Å². The SMILES string of the molecule is C=C/C=C(/C1=CCC=C1)c1cc(-c2n[nH]c3cnc(-c4cncc(NC(=C)Cc5ccccc5)c4)cc23)[nH]c1C. The molecule has 6 heteroatoms. The monoisotopic (exact) mass is 522 g/mol. The number of anilines is 1. The highest BCUT2D eigenvalue weighted by molar-refractivity contribution is 5.95. The van der Waals surface area contributed by atoms with Crippen molar-refractivity contribution in [1.29, 1.82) is 0 Å². The first-order chi connectivity index (χ1) is 19.6. The molecule has 0 aliphatic heterocycles. The lowest BCUT2D eigenvalue weighted by atomic mass is 9.98. The van der Waals surface area contributed by atoms with E-state index in [1.165, 1.54) is 11.1 Å². The van der Waals surface area contributed by atoms with Crippen molar-refractivity contribution < 1.29 is 0 Å². The van der Waals surface area contributed by atoms with Crippen molar-refractivity contribution in [3.05, 3.63) is 139 Å². The summed E-state index contributed by atoms with van der Waals surface area (Å²) in [6.07, 6.45) is 17.6. The number of allylic oxidation sites excluding steroid dienone is 8. The summed E-state index contributed by atoms with van der Waals surface area (Å²) >= 11 is 0. The van der Waals surface area contributed by atoms with Crippen LogP contribution in [-0.4, -0.2) is 25.1 Å². The lowest BCUT2D eigenvalue weighted by Gasteiger charge is -2.11. The molecule has 0 unspecified atom stereocenters. The molecule has 0 radical (unpaired) electrons. The maximum absolute atomic E-state index is 4.69. The second kappa shape index (κ2) is 10.9. The van der Waals surface area contributed by atoms with E-state index in [-0.39, 0.29) is 0 Å². The summed E-state index contributed by atoms with van der Waals surface area (Å²) in [6.45, 7) is 10.2. The number of aromatic amines is 2. The van der Waals surface area contributed by atoms with Crippen molar-refractivity contribution in [2.24, 2.45) is 0 Å². The number of hydrogen-bond acceptors (Lipinski definition) is 4. The Kier molecular flexibility index (Phi) is 6.81. The van der Waals surface area contributed by atoms with Crippen LogP contribution in [0.4, 0.5) is 5.69 Å². The molecule has 0 atom stereocenters. The average Bonchev–Trinajstić information content (AvgIpc) is 3.72. The van der Waals surface area contributed by atoms with Gasteiger partial charge in [-0.3, -0.25) is 15.1 Å². The molecule has 6 nitrogen and oxygen atoms in total. The van der Waals surface area contributed by atoms with Crippen LogP contribution < -0.4 is 5.32 Å². The lowest BCUT2D eigenvalue weighted by molar-refractivity contribution is 1.11. The predicted octanol–water partition coefficient (Wildman–Crippen LogP) is 7.95. The minimum absolute atomic E-state index is 0.739. The van der Waals surface area contributed by atoms with Gasteiger partial charge in [0.2, 0.25) is 0 Å². The summed E-state index contributed by atoms with van der Waals surface area (Å²) in [6, 6.07) is 16.5. The zero-order chi connectivity index (χ0) is 27.5. The first kappa shape index (κ1) is 25.1. The number of hydrogen-bond donors (Lipinski definition) is 3.